The number of aromatic amines is 1. The Balaban J connectivity index is 2.43. The highest BCUT2D eigenvalue weighted by Crippen LogP contribution is 2.11. The number of nitrogens with one attached hydrogen (secondary N) is 1. The van der Waals surface area contributed by atoms with Crippen molar-refractivity contribution < 1.29 is 4.98 Å². The Morgan fingerprint density at radius 1 is 1.50 bits per heavy atom. The number of allylic oxidation sites excluding steroid dienone is 1. The van der Waals surface area contributed by atoms with Crippen LogP contribution >= 0.6 is 0 Å². The average molecular weight is 158 g/mol. The van der Waals surface area contributed by atoms with Gasteiger partial charge in [-0.15, -0.1) is 4.52 Å². The maximum Gasteiger partial charge on any atom is 0.304 e. The Morgan fingerprint density at radius 2 is 2.50 bits per heavy atom. The molecule has 3 heteroatoms. The van der Waals surface area contributed by atoms with E-state index in [4.69, 9.17) is 0 Å². The molecule has 0 bridgehead atoms. The second kappa shape index (κ2) is 1.94. The Bertz CT molecular complexity index is 468. The largest absolute Gasteiger partial charge is 0.304 e. The van der Waals surface area contributed by atoms with Crippen molar-refractivity contribution in [1.29, 1.82) is 0 Å². The molecule has 0 fully saturated rings. The second-order valence-corrected chi connectivity index (χ2v) is 2.93. The molecule has 1 aliphatic rings. The standard InChI is InChI=1S/C9H7N3/c1-3-7-8(4-1)11-12-6-2-5-9(12)10-7/h1-2,4-6H,3H2/p+1. The third-order valence-corrected chi connectivity index (χ3v) is 2.13. The maximum atomic E-state index is 4.41. The zero-order chi connectivity index (χ0) is 7.97. The average Bonchev–Trinajstić information content (AvgIpc) is 2.64. The molecular formula is C9H8N3+. The van der Waals surface area contributed by atoms with E-state index < -0.39 is 0 Å². The van der Waals surface area contributed by atoms with Crippen LogP contribution in [0.5, 0.6) is 0 Å². The van der Waals surface area contributed by atoms with Crippen molar-refractivity contribution in [2.75, 3.05) is 0 Å². The van der Waals surface area contributed by atoms with Crippen molar-refractivity contribution in [2.45, 2.75) is 6.42 Å². The summed E-state index contributed by atoms with van der Waals surface area (Å²) in [6.45, 7) is 0. The monoisotopic (exact) mass is 158 g/mol. The van der Waals surface area contributed by atoms with Crippen LogP contribution in [-0.4, -0.2) is 9.61 Å². The van der Waals surface area contributed by atoms with Gasteiger partial charge in [-0.2, -0.15) is 0 Å². The van der Waals surface area contributed by atoms with Gasteiger partial charge >= 0.3 is 5.65 Å². The predicted molar refractivity (Wildman–Crippen MR) is 44.5 cm³/mol. The first kappa shape index (κ1) is 5.94. The van der Waals surface area contributed by atoms with Gasteiger partial charge < -0.3 is 0 Å². The first-order chi connectivity index (χ1) is 5.93. The van der Waals surface area contributed by atoms with E-state index in [1.807, 2.05) is 28.9 Å². The molecule has 3 nitrogen and oxygen atoms in total. The Hall–Kier alpha value is -1.64. The highest BCUT2D eigenvalue weighted by Gasteiger charge is 2.14. The number of hydrogen-bond acceptors (Lipinski definition) is 1. The van der Waals surface area contributed by atoms with Crippen LogP contribution < -0.4 is 4.98 Å². The fourth-order valence-electron chi connectivity index (χ4n) is 1.53. The van der Waals surface area contributed by atoms with Gasteiger partial charge in [0.2, 0.25) is 0 Å². The SMILES string of the molecule is C1=Cc2nn3cccc3[nH+]c2C1. The smallest absolute Gasteiger partial charge is 0.240 e. The van der Waals surface area contributed by atoms with Gasteiger partial charge in [0, 0.05) is 12.5 Å². The summed E-state index contributed by atoms with van der Waals surface area (Å²) in [6, 6.07) is 4.00. The molecule has 1 aliphatic carbocycles. The quantitative estimate of drug-likeness (QED) is 0.555. The molecule has 0 saturated heterocycles. The van der Waals surface area contributed by atoms with Gasteiger partial charge in [0.05, 0.1) is 0 Å². The molecule has 0 radical (unpaired) electrons. The summed E-state index contributed by atoms with van der Waals surface area (Å²) in [7, 11) is 0. The number of nitrogens with zero attached hydrogens (tertiary/aromatic N) is 2. The Labute approximate surface area is 69.4 Å². The zero-order valence-corrected chi connectivity index (χ0v) is 6.49. The lowest BCUT2D eigenvalue weighted by Crippen LogP contribution is -2.16. The molecule has 0 unspecified atom stereocenters. The van der Waals surface area contributed by atoms with Crippen LogP contribution in [0.25, 0.3) is 11.7 Å². The van der Waals surface area contributed by atoms with Crippen LogP contribution in [0.1, 0.15) is 11.4 Å². The summed E-state index contributed by atoms with van der Waals surface area (Å²) in [6.07, 6.45) is 7.08. The molecule has 1 N–H and O–H groups in total. The predicted octanol–water partition coefficient (Wildman–Crippen LogP) is 0.718. The first-order valence-corrected chi connectivity index (χ1v) is 3.99. The van der Waals surface area contributed by atoms with Crippen LogP contribution in [0.2, 0.25) is 0 Å². The Morgan fingerprint density at radius 3 is 3.50 bits per heavy atom. The summed E-state index contributed by atoms with van der Waals surface area (Å²) >= 11 is 0. The van der Waals surface area contributed by atoms with Crippen molar-refractivity contribution in [1.82, 2.24) is 9.61 Å². The van der Waals surface area contributed by atoms with Crippen molar-refractivity contribution in [3.05, 3.63) is 35.8 Å². The summed E-state index contributed by atoms with van der Waals surface area (Å²) in [5.41, 5.74) is 3.32. The summed E-state index contributed by atoms with van der Waals surface area (Å²) < 4.78 is 1.86. The van der Waals surface area contributed by atoms with E-state index in [2.05, 4.69) is 16.2 Å². The first-order valence-electron chi connectivity index (χ1n) is 3.99. The lowest BCUT2D eigenvalue weighted by Gasteiger charge is -1.91. The fraction of sp³-hybridized carbons (Fsp3) is 0.111. The van der Waals surface area contributed by atoms with Gasteiger partial charge in [-0.05, 0) is 12.1 Å². The lowest BCUT2D eigenvalue weighted by atomic mass is 10.3. The highest BCUT2D eigenvalue weighted by molar-refractivity contribution is 5.52. The van der Waals surface area contributed by atoms with E-state index >= 15 is 0 Å². The van der Waals surface area contributed by atoms with E-state index in [0.717, 1.165) is 17.8 Å². The van der Waals surface area contributed by atoms with Gasteiger partial charge in [0.25, 0.3) is 0 Å². The number of H-pyrrole nitrogens is 1. The molecule has 12 heavy (non-hydrogen) atoms. The van der Waals surface area contributed by atoms with E-state index in [1.165, 1.54) is 5.69 Å². The molecule has 2 aromatic heterocycles. The topological polar surface area (TPSA) is 31.4 Å². The molecule has 2 heterocycles. The molecule has 0 spiro atoms. The van der Waals surface area contributed by atoms with E-state index in [9.17, 15) is 0 Å². The molecule has 58 valence electrons. The molecule has 0 aliphatic heterocycles. The van der Waals surface area contributed by atoms with Crippen molar-refractivity contribution in [2.24, 2.45) is 0 Å². The van der Waals surface area contributed by atoms with E-state index in [-0.39, 0.29) is 0 Å². The molecule has 2 aromatic rings. The van der Waals surface area contributed by atoms with Crippen LogP contribution in [0.3, 0.4) is 0 Å². The number of rotatable bonds is 0. The molecular weight excluding hydrogens is 150 g/mol. The van der Waals surface area contributed by atoms with Gasteiger partial charge in [0.1, 0.15) is 17.6 Å². The van der Waals surface area contributed by atoms with Gasteiger partial charge in [0.15, 0.2) is 0 Å². The summed E-state index contributed by atoms with van der Waals surface area (Å²) in [5, 5.41) is 4.41. The van der Waals surface area contributed by atoms with Gasteiger partial charge in [-0.3, -0.25) is 0 Å². The zero-order valence-electron chi connectivity index (χ0n) is 6.49. The summed E-state index contributed by atoms with van der Waals surface area (Å²) in [5.74, 6) is 0. The minimum absolute atomic E-state index is 0.976. The number of fused-ring (bicyclic) bond motifs is 2. The minimum Gasteiger partial charge on any atom is -0.240 e. The maximum absolute atomic E-state index is 4.41. The van der Waals surface area contributed by atoms with Crippen molar-refractivity contribution in [3.8, 4) is 0 Å². The molecule has 3 rings (SSSR count). The second-order valence-electron chi connectivity index (χ2n) is 2.93. The van der Waals surface area contributed by atoms with Gasteiger partial charge in [-0.25, -0.2) is 4.98 Å². The third kappa shape index (κ3) is 0.652. The summed E-state index contributed by atoms with van der Waals surface area (Å²) in [4.78, 5) is 3.33. The van der Waals surface area contributed by atoms with Crippen LogP contribution in [0, 0.1) is 0 Å². The van der Waals surface area contributed by atoms with Gasteiger partial charge in [-0.1, -0.05) is 11.2 Å². The number of hydrogen-bond donors (Lipinski definition) is 0. The highest BCUT2D eigenvalue weighted by atomic mass is 15.2. The van der Waals surface area contributed by atoms with Crippen LogP contribution in [-0.2, 0) is 6.42 Å². The van der Waals surface area contributed by atoms with Crippen molar-refractivity contribution in [3.63, 3.8) is 0 Å². The Kier molecular flexibility index (Phi) is 0.961. The minimum atomic E-state index is 0.976. The van der Waals surface area contributed by atoms with E-state index in [0.29, 0.717) is 0 Å². The molecule has 0 atom stereocenters. The third-order valence-electron chi connectivity index (χ3n) is 2.13. The molecule has 0 aromatic carbocycles. The van der Waals surface area contributed by atoms with Crippen LogP contribution in [0.4, 0.5) is 0 Å². The van der Waals surface area contributed by atoms with Crippen LogP contribution in [0.15, 0.2) is 24.4 Å². The van der Waals surface area contributed by atoms with E-state index in [1.54, 1.807) is 0 Å². The number of aromatic nitrogens is 3. The van der Waals surface area contributed by atoms with Crippen molar-refractivity contribution >= 4 is 11.7 Å². The normalized spacial score (nSPS) is 14.0. The fourth-order valence-corrected chi connectivity index (χ4v) is 1.53. The molecule has 0 saturated carbocycles. The molecule has 0 amide bonds. The lowest BCUT2D eigenvalue weighted by molar-refractivity contribution is -0.363.